The van der Waals surface area contributed by atoms with Crippen LogP contribution in [0.25, 0.3) is 0 Å². The van der Waals surface area contributed by atoms with Gasteiger partial charge in [0.2, 0.25) is 11.8 Å². The normalized spacial score (nSPS) is 17.6. The number of hydrogen-bond acceptors (Lipinski definition) is 7. The smallest absolute Gasteiger partial charge is 0.408 e. The number of nitrogens with one attached hydrogen (secondary N) is 2. The molecule has 0 aromatic heterocycles. The molecule has 0 bridgehead atoms. The van der Waals surface area contributed by atoms with Gasteiger partial charge in [-0.1, -0.05) is 30.3 Å². The molecule has 1 aromatic carbocycles. The van der Waals surface area contributed by atoms with Crippen LogP contribution in [0.1, 0.15) is 59.9 Å². The van der Waals surface area contributed by atoms with Gasteiger partial charge in [-0.05, 0) is 59.9 Å². The van der Waals surface area contributed by atoms with Gasteiger partial charge in [0, 0.05) is 18.7 Å². The van der Waals surface area contributed by atoms with Crippen molar-refractivity contribution in [2.75, 3.05) is 12.3 Å². The third-order valence-corrected chi connectivity index (χ3v) is 5.67. The Balaban J connectivity index is 2.14. The van der Waals surface area contributed by atoms with E-state index >= 15 is 0 Å². The van der Waals surface area contributed by atoms with E-state index in [0.717, 1.165) is 5.56 Å². The lowest BCUT2D eigenvalue weighted by Gasteiger charge is -2.30. The van der Waals surface area contributed by atoms with Gasteiger partial charge in [-0.25, -0.2) is 9.59 Å². The molecule has 10 heteroatoms. The van der Waals surface area contributed by atoms with Crippen LogP contribution in [0.4, 0.5) is 4.79 Å². The SMILES string of the molecule is CC(C)(C)OC(=O)N[C@@H](CS)C(=O)N1CCC[C@H]1C(=O)N[C@@H](Cc1ccccc1)C(=O)OC(C)(C)C. The first-order valence-corrected chi connectivity index (χ1v) is 12.8. The lowest BCUT2D eigenvalue weighted by atomic mass is 10.0. The second-order valence-electron chi connectivity index (χ2n) is 10.9. The molecule has 1 aliphatic rings. The molecule has 1 aromatic rings. The van der Waals surface area contributed by atoms with E-state index in [9.17, 15) is 19.2 Å². The van der Waals surface area contributed by atoms with Crippen LogP contribution in [-0.4, -0.2) is 70.4 Å². The monoisotopic (exact) mass is 521 g/mol. The first-order chi connectivity index (χ1) is 16.7. The van der Waals surface area contributed by atoms with Crippen LogP contribution in [0.15, 0.2) is 30.3 Å². The summed E-state index contributed by atoms with van der Waals surface area (Å²) in [5.74, 6) is -1.37. The molecule has 36 heavy (non-hydrogen) atoms. The van der Waals surface area contributed by atoms with Gasteiger partial charge < -0.3 is 25.0 Å². The number of ether oxygens (including phenoxy) is 2. The van der Waals surface area contributed by atoms with Crippen LogP contribution in [0.3, 0.4) is 0 Å². The van der Waals surface area contributed by atoms with Crippen LogP contribution in [-0.2, 0) is 30.3 Å². The molecule has 0 unspecified atom stereocenters. The number of rotatable bonds is 8. The van der Waals surface area contributed by atoms with Crippen molar-refractivity contribution >= 4 is 36.5 Å². The number of thiol groups is 1. The van der Waals surface area contributed by atoms with E-state index in [1.807, 2.05) is 30.3 Å². The summed E-state index contributed by atoms with van der Waals surface area (Å²) in [6, 6.07) is 6.67. The Bertz CT molecular complexity index is 926. The molecule has 2 rings (SSSR count). The maximum absolute atomic E-state index is 13.3. The highest BCUT2D eigenvalue weighted by atomic mass is 32.1. The van der Waals surface area contributed by atoms with Crippen molar-refractivity contribution in [1.82, 2.24) is 15.5 Å². The average Bonchev–Trinajstić information content (AvgIpc) is 3.25. The zero-order valence-corrected chi connectivity index (χ0v) is 22.9. The molecule has 9 nitrogen and oxygen atoms in total. The van der Waals surface area contributed by atoms with Gasteiger partial charge in [0.15, 0.2) is 0 Å². The molecule has 1 aliphatic heterocycles. The number of benzene rings is 1. The van der Waals surface area contributed by atoms with Crippen molar-refractivity contribution < 1.29 is 28.7 Å². The molecule has 3 atom stereocenters. The van der Waals surface area contributed by atoms with Crippen molar-refractivity contribution in [3.63, 3.8) is 0 Å². The van der Waals surface area contributed by atoms with E-state index in [1.54, 1.807) is 41.5 Å². The Kier molecular flexibility index (Phi) is 10.2. The first kappa shape index (κ1) is 29.5. The second kappa shape index (κ2) is 12.5. The Morgan fingerprint density at radius 1 is 0.972 bits per heavy atom. The molecule has 0 saturated carbocycles. The number of likely N-dealkylation sites (tertiary alicyclic amines) is 1. The van der Waals surface area contributed by atoms with Crippen LogP contribution < -0.4 is 10.6 Å². The molecular formula is C26H39N3O6S. The largest absolute Gasteiger partial charge is 0.458 e. The maximum atomic E-state index is 13.3. The zero-order chi connectivity index (χ0) is 27.1. The fourth-order valence-electron chi connectivity index (χ4n) is 3.82. The fourth-order valence-corrected chi connectivity index (χ4v) is 4.07. The summed E-state index contributed by atoms with van der Waals surface area (Å²) in [5, 5.41) is 5.35. The van der Waals surface area contributed by atoms with Crippen molar-refractivity contribution in [2.45, 2.75) is 90.1 Å². The van der Waals surface area contributed by atoms with Gasteiger partial charge >= 0.3 is 12.1 Å². The number of carbonyl (C=O) groups excluding carboxylic acids is 4. The standard InChI is InChI=1S/C26H39N3O6S/c1-25(2,3)34-23(32)18(15-17-11-8-7-9-12-17)27-21(30)20-13-10-14-29(20)22(31)19(16-36)28-24(33)35-26(4,5)6/h7-9,11-12,18-20,36H,10,13-16H2,1-6H3,(H,27,30)(H,28,33)/t18-,19-,20-/m0/s1. The van der Waals surface area contributed by atoms with Crippen LogP contribution in [0.2, 0.25) is 0 Å². The number of amides is 3. The van der Waals surface area contributed by atoms with Gasteiger partial charge in [-0.2, -0.15) is 12.6 Å². The summed E-state index contributed by atoms with van der Waals surface area (Å²) >= 11 is 4.21. The lowest BCUT2D eigenvalue weighted by molar-refractivity contribution is -0.159. The molecule has 1 saturated heterocycles. The highest BCUT2D eigenvalue weighted by Crippen LogP contribution is 2.20. The molecule has 200 valence electrons. The Labute approximate surface area is 219 Å². The molecule has 3 amide bonds. The predicted octanol–water partition coefficient (Wildman–Crippen LogP) is 2.87. The fraction of sp³-hybridized carbons (Fsp3) is 0.615. The van der Waals surface area contributed by atoms with Crippen molar-refractivity contribution in [2.24, 2.45) is 0 Å². The minimum Gasteiger partial charge on any atom is -0.458 e. The topological polar surface area (TPSA) is 114 Å². The minimum atomic E-state index is -0.956. The minimum absolute atomic E-state index is 0.0391. The quantitative estimate of drug-likeness (QED) is 0.358. The van der Waals surface area contributed by atoms with Crippen molar-refractivity contribution in [1.29, 1.82) is 0 Å². The summed E-state index contributed by atoms with van der Waals surface area (Å²) in [4.78, 5) is 53.1. The molecule has 0 spiro atoms. The van der Waals surface area contributed by atoms with E-state index in [-0.39, 0.29) is 12.2 Å². The Hall–Kier alpha value is -2.75. The van der Waals surface area contributed by atoms with Gasteiger partial charge in [0.1, 0.15) is 29.3 Å². The summed E-state index contributed by atoms with van der Waals surface area (Å²) in [6.45, 7) is 10.8. The van der Waals surface area contributed by atoms with E-state index in [0.29, 0.717) is 19.4 Å². The van der Waals surface area contributed by atoms with E-state index in [4.69, 9.17) is 9.47 Å². The molecule has 2 N–H and O–H groups in total. The number of nitrogens with zero attached hydrogens (tertiary/aromatic N) is 1. The average molecular weight is 522 g/mol. The number of esters is 1. The van der Waals surface area contributed by atoms with Gasteiger partial charge in [-0.3, -0.25) is 9.59 Å². The summed E-state index contributed by atoms with van der Waals surface area (Å²) < 4.78 is 10.8. The lowest BCUT2D eigenvalue weighted by Crippen LogP contribution is -2.56. The molecule has 1 fully saturated rings. The Morgan fingerprint density at radius 2 is 1.58 bits per heavy atom. The molecular weight excluding hydrogens is 482 g/mol. The van der Waals surface area contributed by atoms with E-state index in [2.05, 4.69) is 23.3 Å². The highest BCUT2D eigenvalue weighted by molar-refractivity contribution is 7.80. The third-order valence-electron chi connectivity index (χ3n) is 5.30. The summed E-state index contributed by atoms with van der Waals surface area (Å²) in [6.07, 6.45) is 0.575. The molecule has 1 heterocycles. The number of alkyl carbamates (subject to hydrolysis) is 1. The van der Waals surface area contributed by atoms with Crippen molar-refractivity contribution in [3.8, 4) is 0 Å². The van der Waals surface area contributed by atoms with E-state index in [1.165, 1.54) is 4.90 Å². The summed E-state index contributed by atoms with van der Waals surface area (Å²) in [5.41, 5.74) is -0.580. The molecule has 0 aliphatic carbocycles. The van der Waals surface area contributed by atoms with Gasteiger partial charge in [0.25, 0.3) is 0 Å². The zero-order valence-electron chi connectivity index (χ0n) is 22.0. The van der Waals surface area contributed by atoms with E-state index < -0.39 is 53.2 Å². The summed E-state index contributed by atoms with van der Waals surface area (Å²) in [7, 11) is 0. The van der Waals surface area contributed by atoms with Gasteiger partial charge in [-0.15, -0.1) is 0 Å². The second-order valence-corrected chi connectivity index (χ2v) is 11.2. The molecule has 0 radical (unpaired) electrons. The van der Waals surface area contributed by atoms with Crippen molar-refractivity contribution in [3.05, 3.63) is 35.9 Å². The predicted molar refractivity (Wildman–Crippen MR) is 140 cm³/mol. The number of carbonyl (C=O) groups is 4. The van der Waals surface area contributed by atoms with Crippen LogP contribution in [0.5, 0.6) is 0 Å². The first-order valence-electron chi connectivity index (χ1n) is 12.2. The van der Waals surface area contributed by atoms with Crippen LogP contribution in [0, 0.1) is 0 Å². The number of hydrogen-bond donors (Lipinski definition) is 3. The third kappa shape index (κ3) is 9.37. The maximum Gasteiger partial charge on any atom is 0.408 e. The van der Waals surface area contributed by atoms with Gasteiger partial charge in [0.05, 0.1) is 0 Å². The van der Waals surface area contributed by atoms with Crippen LogP contribution >= 0.6 is 12.6 Å². The Morgan fingerprint density at radius 3 is 2.14 bits per heavy atom. The highest BCUT2D eigenvalue weighted by Gasteiger charge is 2.39.